The molecule has 5 nitrogen and oxygen atoms in total. The van der Waals surface area contributed by atoms with Crippen LogP contribution in [-0.4, -0.2) is 37.8 Å². The van der Waals surface area contributed by atoms with Gasteiger partial charge in [-0.2, -0.15) is 0 Å². The number of Topliss-reactive ketones (excluding diaryl/α,β-unsaturated/α-hetero) is 1. The predicted molar refractivity (Wildman–Crippen MR) is 68.4 cm³/mol. The Hall–Kier alpha value is -1.59. The van der Waals surface area contributed by atoms with E-state index in [1.165, 1.54) is 14.2 Å². The van der Waals surface area contributed by atoms with Gasteiger partial charge in [0.05, 0.1) is 19.8 Å². The summed E-state index contributed by atoms with van der Waals surface area (Å²) in [4.78, 5) is 12.0. The monoisotopic (exact) mass is 253 g/mol. The van der Waals surface area contributed by atoms with Crippen LogP contribution >= 0.6 is 0 Å². The van der Waals surface area contributed by atoms with Gasteiger partial charge in [0.2, 0.25) is 0 Å². The minimum Gasteiger partial charge on any atom is -0.496 e. The highest BCUT2D eigenvalue weighted by molar-refractivity contribution is 6.02. The number of rotatable bonds is 5. The highest BCUT2D eigenvalue weighted by Gasteiger charge is 2.23. The van der Waals surface area contributed by atoms with Crippen LogP contribution in [0.25, 0.3) is 0 Å². The average Bonchev–Trinajstić information content (AvgIpc) is 2.39. The fraction of sp³-hybridized carbons (Fsp3) is 0.462. The summed E-state index contributed by atoms with van der Waals surface area (Å²) in [6.07, 6.45) is -1.23. The van der Waals surface area contributed by atoms with Gasteiger partial charge in [0, 0.05) is 6.54 Å². The number of carbonyl (C=O) groups excluding carboxylic acids is 1. The van der Waals surface area contributed by atoms with Crippen LogP contribution in [0.3, 0.4) is 0 Å². The topological polar surface area (TPSA) is 81.8 Å². The van der Waals surface area contributed by atoms with Gasteiger partial charge in [-0.15, -0.1) is 0 Å². The zero-order chi connectivity index (χ0) is 13.9. The fourth-order valence-electron chi connectivity index (χ4n) is 1.81. The maximum absolute atomic E-state index is 12.0. The number of ketones is 1. The lowest BCUT2D eigenvalue weighted by molar-refractivity contribution is 0.0759. The van der Waals surface area contributed by atoms with Crippen molar-refractivity contribution in [3.63, 3.8) is 0 Å². The maximum atomic E-state index is 12.0. The van der Waals surface area contributed by atoms with Gasteiger partial charge in [0.25, 0.3) is 0 Å². The molecule has 0 saturated carbocycles. The van der Waals surface area contributed by atoms with Gasteiger partial charge in [0.15, 0.2) is 5.78 Å². The Morgan fingerprint density at radius 1 is 1.33 bits per heavy atom. The van der Waals surface area contributed by atoms with E-state index < -0.39 is 11.9 Å². The van der Waals surface area contributed by atoms with Crippen molar-refractivity contribution in [3.8, 4) is 11.5 Å². The molecule has 1 aromatic carbocycles. The van der Waals surface area contributed by atoms with E-state index in [1.54, 1.807) is 6.07 Å². The number of aliphatic hydroxyl groups excluding tert-OH is 1. The minimum absolute atomic E-state index is 0.128. The first-order valence-electron chi connectivity index (χ1n) is 5.62. The lowest BCUT2D eigenvalue weighted by Crippen LogP contribution is -2.29. The molecule has 1 atom stereocenters. The molecule has 0 radical (unpaired) electrons. The largest absolute Gasteiger partial charge is 0.496 e. The molecule has 1 unspecified atom stereocenters. The molecule has 0 heterocycles. The Balaban J connectivity index is 3.42. The van der Waals surface area contributed by atoms with Gasteiger partial charge >= 0.3 is 0 Å². The van der Waals surface area contributed by atoms with Gasteiger partial charge in [-0.25, -0.2) is 0 Å². The molecular formula is C13H19NO4. The van der Waals surface area contributed by atoms with Crippen molar-refractivity contribution in [1.82, 2.24) is 0 Å². The lowest BCUT2D eigenvalue weighted by Gasteiger charge is -2.17. The van der Waals surface area contributed by atoms with Crippen LogP contribution in [-0.2, 0) is 0 Å². The van der Waals surface area contributed by atoms with E-state index in [0.717, 1.165) is 11.1 Å². The second-order valence-corrected chi connectivity index (χ2v) is 4.03. The molecule has 0 bridgehead atoms. The number of hydrogen-bond donors (Lipinski definition) is 2. The molecule has 3 N–H and O–H groups in total. The standard InChI is InChI=1S/C13H19NO4/c1-7-8(2)13(18-4)9(5-11(7)17-3)12(16)10(15)6-14/h5,10,15H,6,14H2,1-4H3. The first-order chi connectivity index (χ1) is 8.47. The van der Waals surface area contributed by atoms with Crippen molar-refractivity contribution in [2.45, 2.75) is 20.0 Å². The number of ether oxygens (including phenoxy) is 2. The zero-order valence-corrected chi connectivity index (χ0v) is 11.1. The van der Waals surface area contributed by atoms with E-state index in [0.29, 0.717) is 11.5 Å². The van der Waals surface area contributed by atoms with Crippen molar-refractivity contribution in [2.24, 2.45) is 5.73 Å². The molecule has 0 aromatic heterocycles. The smallest absolute Gasteiger partial charge is 0.196 e. The average molecular weight is 253 g/mol. The quantitative estimate of drug-likeness (QED) is 0.759. The third-order valence-corrected chi connectivity index (χ3v) is 3.01. The summed E-state index contributed by atoms with van der Waals surface area (Å²) < 4.78 is 10.5. The van der Waals surface area contributed by atoms with Crippen LogP contribution in [0, 0.1) is 13.8 Å². The Kier molecular flexibility index (Phi) is 4.69. The molecule has 18 heavy (non-hydrogen) atoms. The zero-order valence-electron chi connectivity index (χ0n) is 11.1. The number of nitrogens with two attached hydrogens (primary N) is 1. The molecular weight excluding hydrogens is 234 g/mol. The van der Waals surface area contributed by atoms with Crippen LogP contribution in [0.4, 0.5) is 0 Å². The molecule has 0 saturated heterocycles. The number of benzene rings is 1. The Morgan fingerprint density at radius 2 is 1.94 bits per heavy atom. The molecule has 0 spiro atoms. The Morgan fingerprint density at radius 3 is 2.39 bits per heavy atom. The molecule has 0 amide bonds. The van der Waals surface area contributed by atoms with Crippen molar-refractivity contribution in [2.75, 3.05) is 20.8 Å². The lowest BCUT2D eigenvalue weighted by atomic mass is 9.98. The molecule has 0 aliphatic heterocycles. The van der Waals surface area contributed by atoms with Crippen LogP contribution in [0.1, 0.15) is 21.5 Å². The van der Waals surface area contributed by atoms with Crippen molar-refractivity contribution in [3.05, 3.63) is 22.8 Å². The fourth-order valence-corrected chi connectivity index (χ4v) is 1.81. The van der Waals surface area contributed by atoms with Crippen LogP contribution < -0.4 is 15.2 Å². The molecule has 0 aliphatic rings. The van der Waals surface area contributed by atoms with Gasteiger partial charge < -0.3 is 20.3 Å². The highest BCUT2D eigenvalue weighted by atomic mass is 16.5. The van der Waals surface area contributed by atoms with Gasteiger partial charge in [-0.1, -0.05) is 0 Å². The maximum Gasteiger partial charge on any atom is 0.196 e. The van der Waals surface area contributed by atoms with Gasteiger partial charge in [0.1, 0.15) is 17.6 Å². The molecule has 5 heteroatoms. The molecule has 100 valence electrons. The van der Waals surface area contributed by atoms with E-state index in [-0.39, 0.29) is 12.1 Å². The van der Waals surface area contributed by atoms with Crippen LogP contribution in [0.2, 0.25) is 0 Å². The summed E-state index contributed by atoms with van der Waals surface area (Å²) in [5, 5.41) is 9.55. The Bertz CT molecular complexity index is 457. The summed E-state index contributed by atoms with van der Waals surface area (Å²) in [5.74, 6) is 0.572. The summed E-state index contributed by atoms with van der Waals surface area (Å²) >= 11 is 0. The molecule has 1 aromatic rings. The van der Waals surface area contributed by atoms with E-state index in [2.05, 4.69) is 0 Å². The van der Waals surface area contributed by atoms with Crippen LogP contribution in [0.15, 0.2) is 6.07 Å². The van der Waals surface area contributed by atoms with E-state index in [9.17, 15) is 9.90 Å². The van der Waals surface area contributed by atoms with Gasteiger partial charge in [-0.05, 0) is 31.0 Å². The minimum atomic E-state index is -1.23. The summed E-state index contributed by atoms with van der Waals surface area (Å²) in [6, 6.07) is 1.57. The Labute approximate surface area is 107 Å². The second kappa shape index (κ2) is 5.84. The van der Waals surface area contributed by atoms with Crippen LogP contribution in [0.5, 0.6) is 11.5 Å². The number of aliphatic hydroxyl groups is 1. The van der Waals surface area contributed by atoms with Gasteiger partial charge in [-0.3, -0.25) is 4.79 Å². The van der Waals surface area contributed by atoms with Crippen molar-refractivity contribution in [1.29, 1.82) is 0 Å². The third kappa shape index (κ3) is 2.47. The van der Waals surface area contributed by atoms with Crippen molar-refractivity contribution < 1.29 is 19.4 Å². The van der Waals surface area contributed by atoms with E-state index in [4.69, 9.17) is 15.2 Å². The normalized spacial score (nSPS) is 12.1. The second-order valence-electron chi connectivity index (χ2n) is 4.03. The number of hydrogen-bond acceptors (Lipinski definition) is 5. The summed E-state index contributed by atoms with van der Waals surface area (Å²) in [7, 11) is 3.02. The molecule has 0 aliphatic carbocycles. The van der Waals surface area contributed by atoms with E-state index in [1.807, 2.05) is 13.8 Å². The summed E-state index contributed by atoms with van der Waals surface area (Å²) in [6.45, 7) is 3.59. The third-order valence-electron chi connectivity index (χ3n) is 3.01. The number of carbonyl (C=O) groups is 1. The van der Waals surface area contributed by atoms with E-state index >= 15 is 0 Å². The highest BCUT2D eigenvalue weighted by Crippen LogP contribution is 2.33. The number of methoxy groups -OCH3 is 2. The predicted octanol–water partition coefficient (Wildman–Crippen LogP) is 0.823. The SMILES string of the molecule is COc1cc(C(=O)C(O)CN)c(OC)c(C)c1C. The molecule has 0 fully saturated rings. The first kappa shape index (κ1) is 14.5. The molecule has 1 rings (SSSR count). The van der Waals surface area contributed by atoms with Crippen molar-refractivity contribution >= 4 is 5.78 Å². The summed E-state index contributed by atoms with van der Waals surface area (Å²) in [5.41, 5.74) is 7.29. The first-order valence-corrected chi connectivity index (χ1v) is 5.62.